The number of rotatable bonds is 6. The fourth-order valence-corrected chi connectivity index (χ4v) is 2.28. The molecule has 4 nitrogen and oxygen atoms in total. The molecule has 1 aromatic carbocycles. The monoisotopic (exact) mass is 290 g/mol. The zero-order chi connectivity index (χ0) is 14.4. The number of nitrogens with one attached hydrogen (secondary N) is 1. The van der Waals surface area contributed by atoms with Crippen molar-refractivity contribution in [3.8, 4) is 11.5 Å². The molecule has 0 aliphatic heterocycles. The highest BCUT2D eigenvalue weighted by atomic mass is 32.2. The molecule has 0 radical (unpaired) electrons. The summed E-state index contributed by atoms with van der Waals surface area (Å²) >= 11 is 1.73. The van der Waals surface area contributed by atoms with Gasteiger partial charge in [-0.1, -0.05) is 0 Å². The van der Waals surface area contributed by atoms with Gasteiger partial charge in [-0.3, -0.25) is 4.98 Å². The van der Waals surface area contributed by atoms with Crippen LogP contribution in [0.1, 0.15) is 5.69 Å². The molecule has 0 amide bonds. The van der Waals surface area contributed by atoms with Gasteiger partial charge in [-0.2, -0.15) is 0 Å². The van der Waals surface area contributed by atoms with Crippen LogP contribution >= 0.6 is 11.8 Å². The summed E-state index contributed by atoms with van der Waals surface area (Å²) in [5.41, 5.74) is 1.87. The predicted molar refractivity (Wildman–Crippen MR) is 82.9 cm³/mol. The Balaban J connectivity index is 2.10. The zero-order valence-electron chi connectivity index (χ0n) is 11.8. The standard InChI is InChI=1S/C15H18N2O2S/c1-18-14-8-9-16-13(15(14)19-2)10-17-11-4-6-12(20-3)7-5-11/h4-9,17H,10H2,1-3H3. The minimum Gasteiger partial charge on any atom is -0.493 e. The number of ether oxygens (including phenoxy) is 2. The van der Waals surface area contributed by atoms with Gasteiger partial charge in [-0.15, -0.1) is 11.8 Å². The van der Waals surface area contributed by atoms with Gasteiger partial charge in [0, 0.05) is 22.8 Å². The van der Waals surface area contributed by atoms with Crippen molar-refractivity contribution in [2.45, 2.75) is 11.4 Å². The molecule has 0 fully saturated rings. The van der Waals surface area contributed by atoms with E-state index in [0.717, 1.165) is 11.4 Å². The molecular weight excluding hydrogens is 272 g/mol. The molecule has 0 saturated heterocycles. The third-order valence-electron chi connectivity index (χ3n) is 2.92. The normalized spacial score (nSPS) is 10.2. The van der Waals surface area contributed by atoms with Crippen molar-refractivity contribution in [1.82, 2.24) is 4.98 Å². The number of methoxy groups -OCH3 is 2. The fourth-order valence-electron chi connectivity index (χ4n) is 1.87. The first-order valence-electron chi connectivity index (χ1n) is 6.22. The third-order valence-corrected chi connectivity index (χ3v) is 3.66. The molecule has 2 aromatic rings. The molecule has 1 aromatic heterocycles. The number of pyridine rings is 1. The van der Waals surface area contributed by atoms with E-state index in [1.165, 1.54) is 4.90 Å². The van der Waals surface area contributed by atoms with Crippen molar-refractivity contribution in [3.63, 3.8) is 0 Å². The molecule has 0 aliphatic carbocycles. The maximum Gasteiger partial charge on any atom is 0.184 e. The summed E-state index contributed by atoms with van der Waals surface area (Å²) in [6.45, 7) is 0.582. The van der Waals surface area contributed by atoms with E-state index in [9.17, 15) is 0 Å². The lowest BCUT2D eigenvalue weighted by atomic mass is 10.2. The average molecular weight is 290 g/mol. The SMILES string of the molecule is COc1ccnc(CNc2ccc(SC)cc2)c1OC. The zero-order valence-corrected chi connectivity index (χ0v) is 12.7. The number of aromatic nitrogens is 1. The molecule has 0 spiro atoms. The van der Waals surface area contributed by atoms with Gasteiger partial charge >= 0.3 is 0 Å². The van der Waals surface area contributed by atoms with E-state index in [-0.39, 0.29) is 0 Å². The van der Waals surface area contributed by atoms with Gasteiger partial charge in [0.1, 0.15) is 5.69 Å². The summed E-state index contributed by atoms with van der Waals surface area (Å²) < 4.78 is 10.6. The van der Waals surface area contributed by atoms with Crippen LogP contribution in [0.3, 0.4) is 0 Å². The van der Waals surface area contributed by atoms with E-state index in [2.05, 4.69) is 40.8 Å². The predicted octanol–water partition coefficient (Wildman–Crippen LogP) is 3.43. The van der Waals surface area contributed by atoms with Crippen LogP contribution in [-0.4, -0.2) is 25.5 Å². The Bertz CT molecular complexity index is 558. The highest BCUT2D eigenvalue weighted by Gasteiger charge is 2.10. The molecule has 0 bridgehead atoms. The maximum atomic E-state index is 5.36. The number of hydrogen-bond acceptors (Lipinski definition) is 5. The van der Waals surface area contributed by atoms with Gasteiger partial charge in [-0.05, 0) is 30.5 Å². The second kappa shape index (κ2) is 7.05. The van der Waals surface area contributed by atoms with Crippen LogP contribution < -0.4 is 14.8 Å². The van der Waals surface area contributed by atoms with Crippen molar-refractivity contribution >= 4 is 17.4 Å². The summed E-state index contributed by atoms with van der Waals surface area (Å²) in [5.74, 6) is 1.36. The third kappa shape index (κ3) is 3.36. The van der Waals surface area contributed by atoms with Crippen LogP contribution in [0.4, 0.5) is 5.69 Å². The number of anilines is 1. The number of thioether (sulfide) groups is 1. The topological polar surface area (TPSA) is 43.4 Å². The minimum atomic E-state index is 0.582. The van der Waals surface area contributed by atoms with Crippen LogP contribution in [0.25, 0.3) is 0 Å². The van der Waals surface area contributed by atoms with Crippen molar-refractivity contribution in [2.24, 2.45) is 0 Å². The van der Waals surface area contributed by atoms with Crippen LogP contribution in [0.2, 0.25) is 0 Å². The van der Waals surface area contributed by atoms with Crippen molar-refractivity contribution in [3.05, 3.63) is 42.2 Å². The first-order valence-corrected chi connectivity index (χ1v) is 7.44. The molecule has 1 heterocycles. The highest BCUT2D eigenvalue weighted by Crippen LogP contribution is 2.29. The van der Waals surface area contributed by atoms with E-state index in [0.29, 0.717) is 18.0 Å². The second-order valence-corrected chi connectivity index (χ2v) is 4.95. The summed E-state index contributed by atoms with van der Waals surface area (Å²) in [5, 5.41) is 3.33. The number of hydrogen-bond donors (Lipinski definition) is 1. The van der Waals surface area contributed by atoms with Gasteiger partial charge in [0.2, 0.25) is 0 Å². The van der Waals surface area contributed by atoms with Crippen LogP contribution in [0.15, 0.2) is 41.4 Å². The summed E-state index contributed by atoms with van der Waals surface area (Å²) in [6.07, 6.45) is 3.78. The van der Waals surface area contributed by atoms with E-state index in [4.69, 9.17) is 9.47 Å². The minimum absolute atomic E-state index is 0.582. The Morgan fingerprint density at radius 1 is 1.10 bits per heavy atom. The Morgan fingerprint density at radius 2 is 1.85 bits per heavy atom. The van der Waals surface area contributed by atoms with Crippen molar-refractivity contribution in [1.29, 1.82) is 0 Å². The molecular formula is C15H18N2O2S. The molecule has 20 heavy (non-hydrogen) atoms. The smallest absolute Gasteiger partial charge is 0.184 e. The van der Waals surface area contributed by atoms with Gasteiger partial charge in [-0.25, -0.2) is 0 Å². The lowest BCUT2D eigenvalue weighted by molar-refractivity contribution is 0.350. The van der Waals surface area contributed by atoms with Crippen molar-refractivity contribution < 1.29 is 9.47 Å². The lowest BCUT2D eigenvalue weighted by Gasteiger charge is -2.12. The molecule has 106 valence electrons. The summed E-state index contributed by atoms with van der Waals surface area (Å²) in [7, 11) is 3.24. The van der Waals surface area contributed by atoms with Gasteiger partial charge in [0.15, 0.2) is 11.5 Å². The molecule has 5 heteroatoms. The Hall–Kier alpha value is -1.88. The first kappa shape index (κ1) is 14.5. The number of nitrogens with zero attached hydrogens (tertiary/aromatic N) is 1. The van der Waals surface area contributed by atoms with E-state index < -0.39 is 0 Å². The quantitative estimate of drug-likeness (QED) is 0.826. The van der Waals surface area contributed by atoms with Gasteiger partial charge in [0.25, 0.3) is 0 Å². The fraction of sp³-hybridized carbons (Fsp3) is 0.267. The van der Waals surface area contributed by atoms with Gasteiger partial charge < -0.3 is 14.8 Å². The maximum absolute atomic E-state index is 5.36. The number of benzene rings is 1. The Labute approximate surface area is 123 Å². The molecule has 2 rings (SSSR count). The second-order valence-electron chi connectivity index (χ2n) is 4.08. The van der Waals surface area contributed by atoms with E-state index in [1.54, 1.807) is 38.2 Å². The molecule has 0 atom stereocenters. The first-order chi connectivity index (χ1) is 9.78. The van der Waals surface area contributed by atoms with Crippen LogP contribution in [0.5, 0.6) is 11.5 Å². The van der Waals surface area contributed by atoms with Gasteiger partial charge in [0.05, 0.1) is 20.8 Å². The molecule has 0 saturated carbocycles. The van der Waals surface area contributed by atoms with E-state index >= 15 is 0 Å². The average Bonchev–Trinajstić information content (AvgIpc) is 2.52. The highest BCUT2D eigenvalue weighted by molar-refractivity contribution is 7.98. The Kier molecular flexibility index (Phi) is 5.12. The summed E-state index contributed by atoms with van der Waals surface area (Å²) in [4.78, 5) is 5.58. The Morgan fingerprint density at radius 3 is 2.45 bits per heavy atom. The van der Waals surface area contributed by atoms with Crippen LogP contribution in [0, 0.1) is 0 Å². The molecule has 0 unspecified atom stereocenters. The largest absolute Gasteiger partial charge is 0.493 e. The van der Waals surface area contributed by atoms with Crippen LogP contribution in [-0.2, 0) is 6.54 Å². The summed E-state index contributed by atoms with van der Waals surface area (Å²) in [6, 6.07) is 10.1. The van der Waals surface area contributed by atoms with E-state index in [1.807, 2.05) is 0 Å². The van der Waals surface area contributed by atoms with Crippen molar-refractivity contribution in [2.75, 3.05) is 25.8 Å². The lowest BCUT2D eigenvalue weighted by Crippen LogP contribution is -2.05. The molecule has 0 aliphatic rings. The molecule has 1 N–H and O–H groups in total.